The van der Waals surface area contributed by atoms with Crippen LogP contribution in [0.3, 0.4) is 0 Å². The molecule has 0 N–H and O–H groups in total. The van der Waals surface area contributed by atoms with Crippen molar-refractivity contribution in [2.45, 2.75) is 19.4 Å². The maximum Gasteiger partial charge on any atom is 0.234 e. The van der Waals surface area contributed by atoms with Gasteiger partial charge in [0, 0.05) is 32.9 Å². The van der Waals surface area contributed by atoms with Crippen molar-refractivity contribution in [3.05, 3.63) is 42.2 Å². The van der Waals surface area contributed by atoms with Crippen molar-refractivity contribution < 1.29 is 9.53 Å². The highest BCUT2D eigenvalue weighted by Crippen LogP contribution is 2.42. The highest BCUT2D eigenvalue weighted by Gasteiger charge is 2.51. The summed E-state index contributed by atoms with van der Waals surface area (Å²) in [5.74, 6) is 1.14. The summed E-state index contributed by atoms with van der Waals surface area (Å²) in [6.45, 7) is 3.49. The molecule has 1 amide bonds. The van der Waals surface area contributed by atoms with E-state index in [-0.39, 0.29) is 11.3 Å². The third kappa shape index (κ3) is 2.91. The van der Waals surface area contributed by atoms with Crippen molar-refractivity contribution in [1.82, 2.24) is 14.7 Å². The van der Waals surface area contributed by atoms with Gasteiger partial charge in [-0.1, -0.05) is 12.1 Å². The molecule has 0 saturated carbocycles. The number of carbonyl (C=O) groups is 1. The fourth-order valence-electron chi connectivity index (χ4n) is 4.08. The smallest absolute Gasteiger partial charge is 0.234 e. The van der Waals surface area contributed by atoms with Crippen molar-refractivity contribution in [2.24, 2.45) is 12.5 Å². The van der Waals surface area contributed by atoms with Crippen molar-refractivity contribution in [3.63, 3.8) is 0 Å². The normalized spacial score (nSPS) is 23.8. The van der Waals surface area contributed by atoms with E-state index in [0.717, 1.165) is 50.5 Å². The molecule has 1 atom stereocenters. The molecular weight excluding hydrogens is 316 g/mol. The molecule has 6 heteroatoms. The SMILES string of the molecule is COc1ccc(CN2CC[C@]3(CCN(c4cnn(C)c4)C3=O)C2)cc1. The molecule has 6 nitrogen and oxygen atoms in total. The summed E-state index contributed by atoms with van der Waals surface area (Å²) in [5.41, 5.74) is 1.95. The predicted octanol–water partition coefficient (Wildman–Crippen LogP) is 2.06. The molecule has 2 fully saturated rings. The number of hydrogen-bond donors (Lipinski definition) is 0. The quantitative estimate of drug-likeness (QED) is 0.855. The first-order valence-corrected chi connectivity index (χ1v) is 8.76. The number of methoxy groups -OCH3 is 1. The van der Waals surface area contributed by atoms with E-state index < -0.39 is 0 Å². The Kier molecular flexibility index (Phi) is 4.00. The zero-order chi connectivity index (χ0) is 17.4. The minimum Gasteiger partial charge on any atom is -0.497 e. The summed E-state index contributed by atoms with van der Waals surface area (Å²) in [5, 5.41) is 4.20. The molecule has 1 spiro atoms. The number of likely N-dealkylation sites (tertiary alicyclic amines) is 1. The Morgan fingerprint density at radius 3 is 2.64 bits per heavy atom. The molecule has 3 heterocycles. The monoisotopic (exact) mass is 340 g/mol. The highest BCUT2D eigenvalue weighted by molar-refractivity contribution is 6.00. The van der Waals surface area contributed by atoms with Gasteiger partial charge in [0.15, 0.2) is 0 Å². The molecule has 1 aromatic heterocycles. The zero-order valence-corrected chi connectivity index (χ0v) is 14.8. The van der Waals surface area contributed by atoms with Gasteiger partial charge in [0.2, 0.25) is 5.91 Å². The molecule has 0 bridgehead atoms. The number of hydrogen-bond acceptors (Lipinski definition) is 4. The van der Waals surface area contributed by atoms with Crippen LogP contribution in [0.5, 0.6) is 5.75 Å². The van der Waals surface area contributed by atoms with E-state index in [0.29, 0.717) is 0 Å². The molecule has 132 valence electrons. The van der Waals surface area contributed by atoms with Crippen LogP contribution in [0.1, 0.15) is 18.4 Å². The first-order chi connectivity index (χ1) is 12.1. The lowest BCUT2D eigenvalue weighted by Crippen LogP contribution is -2.36. The Morgan fingerprint density at radius 2 is 1.96 bits per heavy atom. The number of carbonyl (C=O) groups excluding carboxylic acids is 1. The van der Waals surface area contributed by atoms with Crippen LogP contribution in [0.4, 0.5) is 5.69 Å². The Hall–Kier alpha value is -2.34. The average molecular weight is 340 g/mol. The van der Waals surface area contributed by atoms with Gasteiger partial charge >= 0.3 is 0 Å². The molecule has 2 aliphatic rings. The molecule has 0 aliphatic carbocycles. The number of anilines is 1. The van der Waals surface area contributed by atoms with E-state index >= 15 is 0 Å². The third-order valence-corrected chi connectivity index (χ3v) is 5.51. The van der Waals surface area contributed by atoms with E-state index in [9.17, 15) is 4.79 Å². The van der Waals surface area contributed by atoms with E-state index in [1.54, 1.807) is 18.0 Å². The Bertz CT molecular complexity index is 770. The summed E-state index contributed by atoms with van der Waals surface area (Å²) < 4.78 is 6.96. The van der Waals surface area contributed by atoms with Crippen molar-refractivity contribution in [2.75, 3.05) is 31.6 Å². The van der Waals surface area contributed by atoms with Gasteiger partial charge in [-0.15, -0.1) is 0 Å². The Morgan fingerprint density at radius 1 is 1.20 bits per heavy atom. The number of rotatable bonds is 4. The number of benzene rings is 1. The second-order valence-electron chi connectivity index (χ2n) is 7.17. The number of nitrogens with zero attached hydrogens (tertiary/aromatic N) is 4. The van der Waals surface area contributed by atoms with Crippen LogP contribution < -0.4 is 9.64 Å². The summed E-state index contributed by atoms with van der Waals surface area (Å²) in [4.78, 5) is 17.4. The number of aromatic nitrogens is 2. The van der Waals surface area contributed by atoms with Crippen LogP contribution >= 0.6 is 0 Å². The first-order valence-electron chi connectivity index (χ1n) is 8.76. The van der Waals surface area contributed by atoms with E-state index in [2.05, 4.69) is 22.1 Å². The van der Waals surface area contributed by atoms with Crippen LogP contribution in [-0.2, 0) is 18.4 Å². The van der Waals surface area contributed by atoms with E-state index in [4.69, 9.17) is 4.74 Å². The minimum absolute atomic E-state index is 0.220. The molecule has 2 aromatic rings. The number of ether oxygens (including phenoxy) is 1. The van der Waals surface area contributed by atoms with Crippen LogP contribution in [-0.4, -0.2) is 47.3 Å². The first kappa shape index (κ1) is 16.1. The lowest BCUT2D eigenvalue weighted by atomic mass is 9.85. The molecular formula is C19H24N4O2. The molecule has 4 rings (SSSR count). The summed E-state index contributed by atoms with van der Waals surface area (Å²) in [6, 6.07) is 8.18. The van der Waals surface area contributed by atoms with Crippen molar-refractivity contribution >= 4 is 11.6 Å². The fourth-order valence-corrected chi connectivity index (χ4v) is 4.08. The van der Waals surface area contributed by atoms with Gasteiger partial charge in [0.05, 0.1) is 24.4 Å². The van der Waals surface area contributed by atoms with Gasteiger partial charge < -0.3 is 9.64 Å². The second kappa shape index (κ2) is 6.19. The maximum atomic E-state index is 13.1. The van der Waals surface area contributed by atoms with E-state index in [1.807, 2.05) is 30.3 Å². The molecule has 2 saturated heterocycles. The maximum absolute atomic E-state index is 13.1. The van der Waals surface area contributed by atoms with Crippen molar-refractivity contribution in [1.29, 1.82) is 0 Å². The summed E-state index contributed by atoms with van der Waals surface area (Å²) in [7, 11) is 3.56. The number of aryl methyl sites for hydroxylation is 1. The van der Waals surface area contributed by atoms with Crippen LogP contribution in [0.15, 0.2) is 36.7 Å². The van der Waals surface area contributed by atoms with Gasteiger partial charge in [-0.2, -0.15) is 5.10 Å². The lowest BCUT2D eigenvalue weighted by Gasteiger charge is -2.23. The third-order valence-electron chi connectivity index (χ3n) is 5.51. The average Bonchev–Trinajstić information content (AvgIpc) is 3.30. The van der Waals surface area contributed by atoms with Gasteiger partial charge in [0.25, 0.3) is 0 Å². The fraction of sp³-hybridized carbons (Fsp3) is 0.474. The molecule has 25 heavy (non-hydrogen) atoms. The van der Waals surface area contributed by atoms with Gasteiger partial charge in [-0.05, 0) is 37.1 Å². The standard InChI is InChI=1S/C19H24N4O2/c1-21-13-16(11-20-21)23-10-8-19(18(23)24)7-9-22(14-19)12-15-3-5-17(25-2)6-4-15/h3-6,11,13H,7-10,12,14H2,1-2H3/t19-/m0/s1. The topological polar surface area (TPSA) is 50.6 Å². The predicted molar refractivity (Wildman–Crippen MR) is 95.5 cm³/mol. The Labute approximate surface area is 148 Å². The molecule has 0 radical (unpaired) electrons. The summed E-state index contributed by atoms with van der Waals surface area (Å²) >= 11 is 0. The van der Waals surface area contributed by atoms with Crippen LogP contribution in [0, 0.1) is 5.41 Å². The van der Waals surface area contributed by atoms with Crippen molar-refractivity contribution in [3.8, 4) is 5.75 Å². The van der Waals surface area contributed by atoms with Gasteiger partial charge in [-0.25, -0.2) is 0 Å². The lowest BCUT2D eigenvalue weighted by molar-refractivity contribution is -0.125. The molecule has 2 aliphatic heterocycles. The largest absolute Gasteiger partial charge is 0.497 e. The molecule has 1 aromatic carbocycles. The zero-order valence-electron chi connectivity index (χ0n) is 14.8. The van der Waals surface area contributed by atoms with Gasteiger partial charge in [0.1, 0.15) is 5.75 Å². The molecule has 0 unspecified atom stereocenters. The number of amides is 1. The van der Waals surface area contributed by atoms with Crippen LogP contribution in [0.25, 0.3) is 0 Å². The Balaban J connectivity index is 1.43. The summed E-state index contributed by atoms with van der Waals surface area (Å²) in [6.07, 6.45) is 5.57. The highest BCUT2D eigenvalue weighted by atomic mass is 16.5. The van der Waals surface area contributed by atoms with Gasteiger partial charge in [-0.3, -0.25) is 14.4 Å². The second-order valence-corrected chi connectivity index (χ2v) is 7.17. The minimum atomic E-state index is -0.220. The van der Waals surface area contributed by atoms with Crippen LogP contribution in [0.2, 0.25) is 0 Å². The van der Waals surface area contributed by atoms with E-state index in [1.165, 1.54) is 5.56 Å².